The smallest absolute Gasteiger partial charge is 0.233 e. The van der Waals surface area contributed by atoms with Gasteiger partial charge in [-0.05, 0) is 13.0 Å². The average molecular weight is 287 g/mol. The van der Waals surface area contributed by atoms with Crippen LogP contribution in [0, 0.1) is 0 Å². The van der Waals surface area contributed by atoms with E-state index in [9.17, 15) is 0 Å². The minimum atomic E-state index is -0.0677. The summed E-state index contributed by atoms with van der Waals surface area (Å²) in [6.45, 7) is 9.19. The first-order chi connectivity index (χ1) is 9.94. The molecule has 112 valence electrons. The van der Waals surface area contributed by atoms with E-state index in [1.165, 1.54) is 0 Å². The first-order valence-corrected chi connectivity index (χ1v) is 6.95. The van der Waals surface area contributed by atoms with Gasteiger partial charge in [0.15, 0.2) is 5.82 Å². The minimum absolute atomic E-state index is 0.0677. The van der Waals surface area contributed by atoms with Crippen molar-refractivity contribution in [1.82, 2.24) is 20.2 Å². The largest absolute Gasteiger partial charge is 0.480 e. The maximum Gasteiger partial charge on any atom is 0.233 e. The number of hydrogen-bond acceptors (Lipinski definition) is 6. The molecule has 0 radical (unpaired) electrons. The molecule has 6 nitrogen and oxygen atoms in total. The van der Waals surface area contributed by atoms with Crippen molar-refractivity contribution in [2.75, 3.05) is 19.0 Å². The van der Waals surface area contributed by atoms with E-state index < -0.39 is 0 Å². The third-order valence-corrected chi connectivity index (χ3v) is 2.93. The number of methoxy groups -OCH3 is 1. The summed E-state index contributed by atoms with van der Waals surface area (Å²) in [5, 5.41) is 11.3. The Morgan fingerprint density at radius 3 is 2.43 bits per heavy atom. The molecule has 0 saturated heterocycles. The Labute approximate surface area is 125 Å². The lowest BCUT2D eigenvalue weighted by Crippen LogP contribution is -2.16. The second-order valence-corrected chi connectivity index (χ2v) is 5.70. The van der Waals surface area contributed by atoms with E-state index in [1.807, 2.05) is 19.1 Å². The Morgan fingerprint density at radius 1 is 1.14 bits per heavy atom. The zero-order chi connectivity index (χ0) is 15.5. The number of rotatable bonds is 4. The fourth-order valence-electron chi connectivity index (χ4n) is 1.77. The van der Waals surface area contributed by atoms with Gasteiger partial charge in [-0.3, -0.25) is 0 Å². The van der Waals surface area contributed by atoms with E-state index in [1.54, 1.807) is 13.2 Å². The van der Waals surface area contributed by atoms with Crippen LogP contribution in [0.15, 0.2) is 18.2 Å². The van der Waals surface area contributed by atoms with Gasteiger partial charge in [0.25, 0.3) is 0 Å². The van der Waals surface area contributed by atoms with E-state index in [0.717, 1.165) is 18.1 Å². The van der Waals surface area contributed by atoms with E-state index in [2.05, 4.69) is 46.3 Å². The summed E-state index contributed by atoms with van der Waals surface area (Å²) < 4.78 is 5.02. The normalized spacial score (nSPS) is 11.3. The molecule has 0 unspecified atom stereocenters. The molecule has 21 heavy (non-hydrogen) atoms. The maximum absolute atomic E-state index is 5.02. The quantitative estimate of drug-likeness (QED) is 0.932. The highest BCUT2D eigenvalue weighted by atomic mass is 16.5. The van der Waals surface area contributed by atoms with Crippen molar-refractivity contribution < 1.29 is 4.74 Å². The maximum atomic E-state index is 5.02. The highest BCUT2D eigenvalue weighted by Gasteiger charge is 2.19. The van der Waals surface area contributed by atoms with Crippen molar-refractivity contribution in [3.8, 4) is 17.4 Å². The van der Waals surface area contributed by atoms with Crippen molar-refractivity contribution in [3.63, 3.8) is 0 Å². The Morgan fingerprint density at radius 2 is 1.90 bits per heavy atom. The molecule has 2 aromatic rings. The average Bonchev–Trinajstić information content (AvgIpc) is 2.46. The molecule has 0 amide bonds. The standard InChI is InChI=1S/C15H21N5O/c1-6-16-12-9-11(15(2,3)4)17-14(18-12)10-7-8-13(21-5)20-19-10/h7-9H,6H2,1-5H3,(H,16,17,18). The molecule has 0 atom stereocenters. The number of hydrogen-bond donors (Lipinski definition) is 1. The molecular weight excluding hydrogens is 266 g/mol. The van der Waals surface area contributed by atoms with Crippen LogP contribution in [-0.4, -0.2) is 33.8 Å². The molecule has 0 saturated carbocycles. The van der Waals surface area contributed by atoms with Crippen molar-refractivity contribution in [3.05, 3.63) is 23.9 Å². The summed E-state index contributed by atoms with van der Waals surface area (Å²) in [6, 6.07) is 5.54. The highest BCUT2D eigenvalue weighted by Crippen LogP contribution is 2.25. The van der Waals surface area contributed by atoms with Crippen LogP contribution in [0.1, 0.15) is 33.4 Å². The first-order valence-electron chi connectivity index (χ1n) is 6.95. The van der Waals surface area contributed by atoms with Crippen molar-refractivity contribution >= 4 is 5.82 Å². The molecule has 1 N–H and O–H groups in total. The summed E-state index contributed by atoms with van der Waals surface area (Å²) in [5.74, 6) is 1.83. The monoisotopic (exact) mass is 287 g/mol. The van der Waals surface area contributed by atoms with Gasteiger partial charge in [-0.25, -0.2) is 9.97 Å². The third kappa shape index (κ3) is 3.65. The fourth-order valence-corrected chi connectivity index (χ4v) is 1.77. The summed E-state index contributed by atoms with van der Waals surface area (Å²) >= 11 is 0. The van der Waals surface area contributed by atoms with Crippen LogP contribution < -0.4 is 10.1 Å². The van der Waals surface area contributed by atoms with Gasteiger partial charge in [0, 0.05) is 24.1 Å². The predicted octanol–water partition coefficient (Wildman–Crippen LogP) is 2.67. The van der Waals surface area contributed by atoms with Gasteiger partial charge in [0.05, 0.1) is 12.8 Å². The number of anilines is 1. The second-order valence-electron chi connectivity index (χ2n) is 5.70. The molecule has 2 rings (SSSR count). The Kier molecular flexibility index (Phi) is 4.35. The highest BCUT2D eigenvalue weighted by molar-refractivity contribution is 5.53. The Hall–Kier alpha value is -2.24. The van der Waals surface area contributed by atoms with E-state index in [4.69, 9.17) is 4.74 Å². The number of ether oxygens (including phenoxy) is 1. The summed E-state index contributed by atoms with van der Waals surface area (Å²) in [7, 11) is 1.56. The van der Waals surface area contributed by atoms with Crippen LogP contribution in [0.2, 0.25) is 0 Å². The van der Waals surface area contributed by atoms with Gasteiger partial charge < -0.3 is 10.1 Å². The predicted molar refractivity (Wildman–Crippen MR) is 82.5 cm³/mol. The molecule has 6 heteroatoms. The SMILES string of the molecule is CCNc1cc(C(C)(C)C)nc(-c2ccc(OC)nn2)n1. The van der Waals surface area contributed by atoms with E-state index in [-0.39, 0.29) is 5.41 Å². The molecule has 0 fully saturated rings. The molecular formula is C15H21N5O. The van der Waals surface area contributed by atoms with Crippen molar-refractivity contribution in [2.24, 2.45) is 0 Å². The topological polar surface area (TPSA) is 72.8 Å². The van der Waals surface area contributed by atoms with Crippen LogP contribution >= 0.6 is 0 Å². The van der Waals surface area contributed by atoms with Crippen LogP contribution in [0.3, 0.4) is 0 Å². The minimum Gasteiger partial charge on any atom is -0.480 e. The molecule has 0 aromatic carbocycles. The Balaban J connectivity index is 2.48. The second kappa shape index (κ2) is 6.03. The van der Waals surface area contributed by atoms with Gasteiger partial charge >= 0.3 is 0 Å². The molecule has 2 aromatic heterocycles. The lowest BCUT2D eigenvalue weighted by molar-refractivity contribution is 0.392. The lowest BCUT2D eigenvalue weighted by atomic mass is 9.92. The molecule has 0 spiro atoms. The Bertz CT molecular complexity index is 604. The van der Waals surface area contributed by atoms with Gasteiger partial charge in [-0.2, -0.15) is 0 Å². The van der Waals surface area contributed by atoms with Crippen LogP contribution in [0.25, 0.3) is 11.5 Å². The van der Waals surface area contributed by atoms with Gasteiger partial charge in [-0.1, -0.05) is 20.8 Å². The molecule has 0 aliphatic carbocycles. The number of nitrogens with zero attached hydrogens (tertiary/aromatic N) is 4. The van der Waals surface area contributed by atoms with Crippen molar-refractivity contribution in [1.29, 1.82) is 0 Å². The number of nitrogens with one attached hydrogen (secondary N) is 1. The van der Waals surface area contributed by atoms with Crippen LogP contribution in [-0.2, 0) is 5.41 Å². The van der Waals surface area contributed by atoms with Crippen molar-refractivity contribution in [2.45, 2.75) is 33.1 Å². The van der Waals surface area contributed by atoms with E-state index in [0.29, 0.717) is 17.4 Å². The summed E-state index contributed by atoms with van der Waals surface area (Å²) in [6.07, 6.45) is 0. The fraction of sp³-hybridized carbons (Fsp3) is 0.467. The first kappa shape index (κ1) is 15.2. The van der Waals surface area contributed by atoms with Gasteiger partial charge in [-0.15, -0.1) is 10.2 Å². The summed E-state index contributed by atoms with van der Waals surface area (Å²) in [5.41, 5.74) is 1.52. The molecule has 0 bridgehead atoms. The third-order valence-electron chi connectivity index (χ3n) is 2.93. The van der Waals surface area contributed by atoms with Gasteiger partial charge in [0.1, 0.15) is 11.5 Å². The summed E-state index contributed by atoms with van der Waals surface area (Å²) in [4.78, 5) is 9.12. The molecule has 0 aliphatic heterocycles. The lowest BCUT2D eigenvalue weighted by Gasteiger charge is -2.19. The van der Waals surface area contributed by atoms with Crippen LogP contribution in [0.5, 0.6) is 5.88 Å². The zero-order valence-corrected chi connectivity index (χ0v) is 13.1. The molecule has 2 heterocycles. The zero-order valence-electron chi connectivity index (χ0n) is 13.1. The van der Waals surface area contributed by atoms with Crippen LogP contribution in [0.4, 0.5) is 5.82 Å². The van der Waals surface area contributed by atoms with E-state index >= 15 is 0 Å². The van der Waals surface area contributed by atoms with Gasteiger partial charge in [0.2, 0.25) is 5.88 Å². The molecule has 0 aliphatic rings. The number of aromatic nitrogens is 4.